The summed E-state index contributed by atoms with van der Waals surface area (Å²) >= 11 is 1.45. The van der Waals surface area contributed by atoms with E-state index in [1.54, 1.807) is 0 Å². The Morgan fingerprint density at radius 1 is 1.74 bits per heavy atom. The smallest absolute Gasteiger partial charge is 0.248 e. The lowest BCUT2D eigenvalue weighted by Gasteiger charge is -2.35. The molecule has 2 heterocycles. The summed E-state index contributed by atoms with van der Waals surface area (Å²) in [6, 6.07) is 2.39. The van der Waals surface area contributed by atoms with Gasteiger partial charge in [-0.1, -0.05) is 6.07 Å². The summed E-state index contributed by atoms with van der Waals surface area (Å²) in [5.74, 6) is -0.415. The lowest BCUT2D eigenvalue weighted by molar-refractivity contribution is -0.145. The summed E-state index contributed by atoms with van der Waals surface area (Å²) in [6.07, 6.45) is 0. The maximum Gasteiger partial charge on any atom is 0.248 e. The third kappa shape index (κ3) is 2.94. The van der Waals surface area contributed by atoms with Crippen molar-refractivity contribution in [3.8, 4) is 0 Å². The largest absolute Gasteiger partial charge is 0.383 e. The maximum absolute atomic E-state index is 12.3. The van der Waals surface area contributed by atoms with Crippen LogP contribution in [0.1, 0.15) is 10.9 Å². The predicted octanol–water partition coefficient (Wildman–Crippen LogP) is -0.279. The highest BCUT2D eigenvalue weighted by Gasteiger charge is 2.36. The number of carbonyl (C=O) groups excluding carboxylic acids is 2. The lowest BCUT2D eigenvalue weighted by atomic mass is 10.1. The van der Waals surface area contributed by atoms with E-state index in [-0.39, 0.29) is 18.4 Å². The van der Waals surface area contributed by atoms with Crippen molar-refractivity contribution in [2.75, 3.05) is 26.8 Å². The van der Waals surface area contributed by atoms with Crippen molar-refractivity contribution >= 4 is 23.2 Å². The summed E-state index contributed by atoms with van der Waals surface area (Å²) in [4.78, 5) is 26.7. The van der Waals surface area contributed by atoms with E-state index in [2.05, 4.69) is 5.32 Å². The van der Waals surface area contributed by atoms with Gasteiger partial charge in [-0.2, -0.15) is 0 Å². The van der Waals surface area contributed by atoms with E-state index in [1.165, 1.54) is 23.3 Å². The van der Waals surface area contributed by atoms with Gasteiger partial charge in [0.15, 0.2) is 0 Å². The quantitative estimate of drug-likeness (QED) is 0.796. The van der Waals surface area contributed by atoms with Gasteiger partial charge in [0, 0.05) is 25.1 Å². The van der Waals surface area contributed by atoms with Crippen LogP contribution in [0.2, 0.25) is 0 Å². The summed E-state index contributed by atoms with van der Waals surface area (Å²) < 4.78 is 4.90. The van der Waals surface area contributed by atoms with Crippen LogP contribution >= 0.6 is 11.3 Å². The third-order valence-corrected chi connectivity index (χ3v) is 3.90. The molecule has 3 N–H and O–H groups in total. The summed E-state index contributed by atoms with van der Waals surface area (Å²) in [6.45, 7) is 1.06. The molecule has 0 aromatic carbocycles. The molecule has 0 bridgehead atoms. The van der Waals surface area contributed by atoms with Gasteiger partial charge in [0.1, 0.15) is 12.1 Å². The molecule has 0 radical (unpaired) electrons. The second kappa shape index (κ2) is 6.14. The highest BCUT2D eigenvalue weighted by molar-refractivity contribution is 7.10. The highest BCUT2D eigenvalue weighted by Crippen LogP contribution is 2.27. The van der Waals surface area contributed by atoms with Gasteiger partial charge in [-0.3, -0.25) is 9.59 Å². The van der Waals surface area contributed by atoms with E-state index >= 15 is 0 Å². The molecule has 0 saturated carbocycles. The first-order valence-electron chi connectivity index (χ1n) is 6.01. The molecule has 19 heavy (non-hydrogen) atoms. The first-order chi connectivity index (χ1) is 9.15. The number of hydrogen-bond donors (Lipinski definition) is 2. The van der Waals surface area contributed by atoms with Gasteiger partial charge >= 0.3 is 0 Å². The van der Waals surface area contributed by atoms with Crippen LogP contribution in [0.3, 0.4) is 0 Å². The number of carbonyl (C=O) groups is 2. The number of hydrogen-bond acceptors (Lipinski definition) is 5. The Bertz CT molecular complexity index is 449. The zero-order chi connectivity index (χ0) is 13.8. The van der Waals surface area contributed by atoms with E-state index in [0.717, 1.165) is 4.88 Å². The molecule has 2 amide bonds. The maximum atomic E-state index is 12.3. The van der Waals surface area contributed by atoms with Crippen molar-refractivity contribution in [1.82, 2.24) is 10.2 Å². The van der Waals surface area contributed by atoms with E-state index in [9.17, 15) is 9.59 Å². The zero-order valence-electron chi connectivity index (χ0n) is 10.7. The number of piperazine rings is 1. The number of nitrogens with zero attached hydrogens (tertiary/aromatic N) is 1. The monoisotopic (exact) mass is 283 g/mol. The van der Waals surface area contributed by atoms with Crippen LogP contribution in [-0.2, 0) is 14.3 Å². The minimum atomic E-state index is -0.738. The minimum Gasteiger partial charge on any atom is -0.383 e. The normalized spacial score (nSPS) is 21.1. The molecule has 0 spiro atoms. The average molecular weight is 283 g/mol. The SMILES string of the molecule is COCC(N)C(=O)N1CCNC(=O)C1c1cccs1. The number of methoxy groups -OCH3 is 1. The topological polar surface area (TPSA) is 84.7 Å². The van der Waals surface area contributed by atoms with Gasteiger partial charge in [0.05, 0.1) is 6.61 Å². The molecule has 2 rings (SSSR count). The molecule has 1 aliphatic heterocycles. The van der Waals surface area contributed by atoms with Gasteiger partial charge in [0.25, 0.3) is 0 Å². The number of nitrogens with one attached hydrogen (secondary N) is 1. The molecule has 7 heteroatoms. The molecule has 0 aliphatic carbocycles. The molecular formula is C12H17N3O3S. The second-order valence-electron chi connectivity index (χ2n) is 4.30. The molecule has 2 atom stereocenters. The highest BCUT2D eigenvalue weighted by atomic mass is 32.1. The van der Waals surface area contributed by atoms with Crippen LogP contribution in [0.5, 0.6) is 0 Å². The Kier molecular flexibility index (Phi) is 4.52. The van der Waals surface area contributed by atoms with Crippen LogP contribution in [0.4, 0.5) is 0 Å². The molecule has 1 aliphatic rings. The zero-order valence-corrected chi connectivity index (χ0v) is 11.5. The Labute approximate surface area is 115 Å². The summed E-state index contributed by atoms with van der Waals surface area (Å²) in [5, 5.41) is 4.66. The molecule has 2 unspecified atom stereocenters. The Morgan fingerprint density at radius 3 is 3.16 bits per heavy atom. The van der Waals surface area contributed by atoms with Crippen LogP contribution in [0.25, 0.3) is 0 Å². The minimum absolute atomic E-state index is 0.147. The van der Waals surface area contributed by atoms with Gasteiger partial charge in [-0.15, -0.1) is 11.3 Å². The number of thiophene rings is 1. The van der Waals surface area contributed by atoms with Crippen LogP contribution in [0.15, 0.2) is 17.5 Å². The fourth-order valence-corrected chi connectivity index (χ4v) is 2.93. The third-order valence-electron chi connectivity index (χ3n) is 2.97. The lowest BCUT2D eigenvalue weighted by Crippen LogP contribution is -2.56. The molecule has 6 nitrogen and oxygen atoms in total. The number of nitrogens with two attached hydrogens (primary N) is 1. The molecular weight excluding hydrogens is 266 g/mol. The Hall–Kier alpha value is -1.44. The van der Waals surface area contributed by atoms with E-state index in [0.29, 0.717) is 13.1 Å². The average Bonchev–Trinajstić information content (AvgIpc) is 2.91. The van der Waals surface area contributed by atoms with E-state index in [4.69, 9.17) is 10.5 Å². The summed E-state index contributed by atoms with van der Waals surface area (Å²) in [5.41, 5.74) is 5.78. The van der Waals surface area contributed by atoms with Crippen molar-refractivity contribution in [3.05, 3.63) is 22.4 Å². The Morgan fingerprint density at radius 2 is 2.53 bits per heavy atom. The van der Waals surface area contributed by atoms with Gasteiger partial charge in [-0.05, 0) is 11.4 Å². The fourth-order valence-electron chi connectivity index (χ4n) is 2.10. The first-order valence-corrected chi connectivity index (χ1v) is 6.89. The summed E-state index contributed by atoms with van der Waals surface area (Å²) in [7, 11) is 1.49. The molecule has 1 aromatic rings. The van der Waals surface area contributed by atoms with Crippen molar-refractivity contribution in [2.45, 2.75) is 12.1 Å². The first kappa shape index (κ1) is 14.0. The standard InChI is InChI=1S/C12H17N3O3S/c1-18-7-8(13)12(17)15-5-4-14-11(16)10(15)9-3-2-6-19-9/h2-3,6,8,10H,4-5,7,13H2,1H3,(H,14,16). The van der Waals surface area contributed by atoms with Gasteiger partial charge in [-0.25, -0.2) is 0 Å². The van der Waals surface area contributed by atoms with Crippen molar-refractivity contribution in [2.24, 2.45) is 5.73 Å². The predicted molar refractivity (Wildman–Crippen MR) is 71.6 cm³/mol. The number of ether oxygens (including phenoxy) is 1. The number of rotatable bonds is 4. The molecule has 1 saturated heterocycles. The van der Waals surface area contributed by atoms with Crippen LogP contribution in [0, 0.1) is 0 Å². The second-order valence-corrected chi connectivity index (χ2v) is 5.28. The van der Waals surface area contributed by atoms with Gasteiger partial charge in [0.2, 0.25) is 11.8 Å². The van der Waals surface area contributed by atoms with Crippen LogP contribution < -0.4 is 11.1 Å². The van der Waals surface area contributed by atoms with Gasteiger partial charge < -0.3 is 20.7 Å². The molecule has 1 aromatic heterocycles. The molecule has 1 fully saturated rings. The van der Waals surface area contributed by atoms with E-state index < -0.39 is 12.1 Å². The molecule has 104 valence electrons. The van der Waals surface area contributed by atoms with Crippen molar-refractivity contribution in [1.29, 1.82) is 0 Å². The van der Waals surface area contributed by atoms with E-state index in [1.807, 2.05) is 17.5 Å². The van der Waals surface area contributed by atoms with Crippen molar-refractivity contribution < 1.29 is 14.3 Å². The number of amides is 2. The Balaban J connectivity index is 2.21. The fraction of sp³-hybridized carbons (Fsp3) is 0.500. The van der Waals surface area contributed by atoms with Crippen LogP contribution in [-0.4, -0.2) is 49.6 Å². The van der Waals surface area contributed by atoms with Crippen molar-refractivity contribution in [3.63, 3.8) is 0 Å².